The van der Waals surface area contributed by atoms with E-state index >= 15 is 0 Å². The number of benzene rings is 2. The molecule has 0 bridgehead atoms. The fourth-order valence-electron chi connectivity index (χ4n) is 6.24. The number of Topliss-reactive ketones (excluding diaryl/α,β-unsaturated/α-hetero) is 2. The van der Waals surface area contributed by atoms with Crippen molar-refractivity contribution in [1.82, 2.24) is 0 Å². The molecule has 5 N–H and O–H groups in total. The van der Waals surface area contributed by atoms with Gasteiger partial charge in [0, 0.05) is 50.4 Å². The molecule has 9 heteroatoms. The lowest BCUT2D eigenvalue weighted by Crippen LogP contribution is -2.59. The summed E-state index contributed by atoms with van der Waals surface area (Å²) < 4.78 is 5.57. The van der Waals surface area contributed by atoms with Crippen LogP contribution in [-0.2, 0) is 25.5 Å². The van der Waals surface area contributed by atoms with Crippen LogP contribution in [0.3, 0.4) is 0 Å². The summed E-state index contributed by atoms with van der Waals surface area (Å²) in [7, 11) is 4.92. The lowest BCUT2D eigenvalue weighted by Gasteiger charge is -2.48. The van der Waals surface area contributed by atoms with Crippen LogP contribution in [0.15, 0.2) is 53.3 Å². The first-order valence-corrected chi connectivity index (χ1v) is 12.0. The first kappa shape index (κ1) is 24.6. The quantitative estimate of drug-likeness (QED) is 0.464. The van der Waals surface area contributed by atoms with E-state index in [1.807, 2.05) is 55.4 Å². The van der Waals surface area contributed by atoms with Crippen LogP contribution in [0.5, 0.6) is 5.75 Å². The fourth-order valence-corrected chi connectivity index (χ4v) is 6.24. The smallest absolute Gasteiger partial charge is 0.255 e. The number of hydrogen-bond donors (Lipinski definition) is 4. The molecule has 192 valence electrons. The molecule has 3 atom stereocenters. The number of fused-ring (bicyclic) bond motifs is 3. The van der Waals surface area contributed by atoms with Gasteiger partial charge in [-0.3, -0.25) is 14.4 Å². The zero-order valence-corrected chi connectivity index (χ0v) is 20.7. The summed E-state index contributed by atoms with van der Waals surface area (Å²) in [6.07, 6.45) is 0.334. The van der Waals surface area contributed by atoms with Gasteiger partial charge in [-0.05, 0) is 36.0 Å². The molecule has 0 heterocycles. The number of carbonyl (C=O) groups excluding carboxylic acids is 3. The Kier molecular flexibility index (Phi) is 5.64. The molecule has 9 nitrogen and oxygen atoms in total. The summed E-state index contributed by atoms with van der Waals surface area (Å²) in [6.45, 7) is 0. The summed E-state index contributed by atoms with van der Waals surface area (Å²) in [5.41, 5.74) is 5.43. The summed E-state index contributed by atoms with van der Waals surface area (Å²) in [5.74, 6) is -5.22. The molecule has 3 aliphatic carbocycles. The van der Waals surface area contributed by atoms with Crippen LogP contribution in [0.2, 0.25) is 0 Å². The number of ether oxygens (including phenoxy) is 1. The number of phenols is 1. The minimum atomic E-state index is -2.04. The van der Waals surface area contributed by atoms with Gasteiger partial charge in [0.2, 0.25) is 5.78 Å². The molecule has 37 heavy (non-hydrogen) atoms. The molecule has 1 fully saturated rings. The average molecular weight is 505 g/mol. The molecular weight excluding hydrogens is 476 g/mol. The normalized spacial score (nSPS) is 24.9. The van der Waals surface area contributed by atoms with Gasteiger partial charge in [0.05, 0.1) is 5.56 Å². The molecule has 0 unspecified atom stereocenters. The van der Waals surface area contributed by atoms with Crippen molar-refractivity contribution in [3.05, 3.63) is 64.4 Å². The third kappa shape index (κ3) is 3.30. The number of ketones is 2. The second kappa shape index (κ2) is 8.48. The van der Waals surface area contributed by atoms with E-state index in [1.165, 1.54) is 7.11 Å². The SMILES string of the molecule is CO[C@]12C(=O)C3=C(O)c4c(O)c(-c5ccccc5)cc(N(C)C)c4C[C@H]3C[C@H]1CC(=O)C(C(N)=O)=C2O. The summed E-state index contributed by atoms with van der Waals surface area (Å²) >= 11 is 0. The molecule has 5 rings (SSSR count). The van der Waals surface area contributed by atoms with Crippen molar-refractivity contribution in [2.24, 2.45) is 17.6 Å². The van der Waals surface area contributed by atoms with Gasteiger partial charge in [-0.25, -0.2) is 0 Å². The molecule has 3 aliphatic rings. The molecule has 1 amide bonds. The van der Waals surface area contributed by atoms with Crippen LogP contribution >= 0.6 is 0 Å². The number of methoxy groups -OCH3 is 1. The second-order valence-electron chi connectivity index (χ2n) is 9.99. The molecule has 2 aromatic rings. The highest BCUT2D eigenvalue weighted by atomic mass is 16.5. The number of nitrogens with zero attached hydrogens (tertiary/aromatic N) is 1. The molecule has 1 saturated carbocycles. The third-order valence-electron chi connectivity index (χ3n) is 7.89. The van der Waals surface area contributed by atoms with Crippen molar-refractivity contribution in [2.45, 2.75) is 24.9 Å². The topological polar surface area (TPSA) is 150 Å². The zero-order valence-electron chi connectivity index (χ0n) is 20.7. The highest BCUT2D eigenvalue weighted by Gasteiger charge is 2.61. The Hall–Kier alpha value is -4.11. The summed E-state index contributed by atoms with van der Waals surface area (Å²) in [5, 5.41) is 34.0. The number of carbonyl (C=O) groups is 3. The Balaban J connectivity index is 1.77. The number of amides is 1. The number of aromatic hydroxyl groups is 1. The van der Waals surface area contributed by atoms with Crippen molar-refractivity contribution in [3.63, 3.8) is 0 Å². The highest BCUT2D eigenvalue weighted by molar-refractivity contribution is 6.23. The molecule has 0 aliphatic heterocycles. The minimum Gasteiger partial charge on any atom is -0.508 e. The number of aliphatic hydroxyl groups is 2. The number of primary amides is 1. The van der Waals surface area contributed by atoms with Crippen LogP contribution in [0, 0.1) is 11.8 Å². The molecular formula is C28H28N2O7. The van der Waals surface area contributed by atoms with Crippen LogP contribution in [0.1, 0.15) is 24.0 Å². The van der Waals surface area contributed by atoms with Crippen LogP contribution < -0.4 is 10.6 Å². The van der Waals surface area contributed by atoms with Gasteiger partial charge in [-0.2, -0.15) is 0 Å². The number of rotatable bonds is 4. The van der Waals surface area contributed by atoms with Crippen molar-refractivity contribution >= 4 is 28.9 Å². The van der Waals surface area contributed by atoms with Crippen molar-refractivity contribution in [2.75, 3.05) is 26.1 Å². The monoisotopic (exact) mass is 504 g/mol. The standard InChI is InChI=1S/C28H28N2O7/c1-30(2)18-12-16(13-7-5-4-6-8-13)23(32)21-17(18)10-14-9-15-11-19(31)22(27(29)36)26(35)28(15,37-3)25(34)20(14)24(21)33/h4-8,12,14-15,32-33,35H,9-11H2,1-3H3,(H2,29,36)/t14-,15+,28+/m1/s1. The number of aliphatic hydroxyl groups excluding tert-OH is 2. The predicted molar refractivity (Wildman–Crippen MR) is 136 cm³/mol. The van der Waals surface area contributed by atoms with E-state index in [1.54, 1.807) is 0 Å². The Morgan fingerprint density at radius 1 is 1.11 bits per heavy atom. The minimum absolute atomic E-state index is 0.0134. The zero-order chi connectivity index (χ0) is 26.8. The molecule has 2 aromatic carbocycles. The Morgan fingerprint density at radius 2 is 1.78 bits per heavy atom. The summed E-state index contributed by atoms with van der Waals surface area (Å²) in [4.78, 5) is 40.5. The Labute approximate surface area is 213 Å². The number of hydrogen-bond acceptors (Lipinski definition) is 8. The van der Waals surface area contributed by atoms with E-state index in [2.05, 4.69) is 0 Å². The first-order chi connectivity index (χ1) is 17.5. The number of nitrogens with two attached hydrogens (primary N) is 1. The maximum Gasteiger partial charge on any atom is 0.255 e. The van der Waals surface area contributed by atoms with Crippen molar-refractivity contribution in [1.29, 1.82) is 0 Å². The van der Waals surface area contributed by atoms with E-state index in [0.717, 1.165) is 11.3 Å². The largest absolute Gasteiger partial charge is 0.508 e. The van der Waals surface area contributed by atoms with Crippen molar-refractivity contribution in [3.8, 4) is 16.9 Å². The highest BCUT2D eigenvalue weighted by Crippen LogP contribution is 2.55. The maximum atomic E-state index is 14.0. The average Bonchev–Trinajstić information content (AvgIpc) is 2.84. The maximum absolute atomic E-state index is 14.0. The number of phenolic OH excluding ortho intramolecular Hbond substituents is 1. The van der Waals surface area contributed by atoms with E-state index in [9.17, 15) is 29.7 Å². The van der Waals surface area contributed by atoms with Gasteiger partial charge in [0.15, 0.2) is 11.4 Å². The third-order valence-corrected chi connectivity index (χ3v) is 7.89. The molecule has 0 saturated heterocycles. The lowest BCUT2D eigenvalue weighted by molar-refractivity contribution is -0.153. The van der Waals surface area contributed by atoms with Crippen molar-refractivity contribution < 1.29 is 34.4 Å². The first-order valence-electron chi connectivity index (χ1n) is 12.0. The lowest BCUT2D eigenvalue weighted by atomic mass is 9.59. The fraction of sp³-hybridized carbons (Fsp3) is 0.321. The van der Waals surface area contributed by atoms with Gasteiger partial charge in [0.25, 0.3) is 5.91 Å². The van der Waals surface area contributed by atoms with Gasteiger partial charge in [-0.1, -0.05) is 30.3 Å². The Bertz CT molecular complexity index is 1420. The van der Waals surface area contributed by atoms with E-state index in [4.69, 9.17) is 10.5 Å². The van der Waals surface area contributed by atoms with Gasteiger partial charge < -0.3 is 30.7 Å². The van der Waals surface area contributed by atoms with Gasteiger partial charge in [-0.15, -0.1) is 0 Å². The van der Waals surface area contributed by atoms with E-state index in [-0.39, 0.29) is 29.7 Å². The Morgan fingerprint density at radius 3 is 2.38 bits per heavy atom. The van der Waals surface area contributed by atoms with E-state index < -0.39 is 52.0 Å². The molecule has 0 spiro atoms. The summed E-state index contributed by atoms with van der Waals surface area (Å²) in [6, 6.07) is 11.0. The second-order valence-corrected chi connectivity index (χ2v) is 9.99. The van der Waals surface area contributed by atoms with Gasteiger partial charge >= 0.3 is 0 Å². The number of anilines is 1. The van der Waals surface area contributed by atoms with Gasteiger partial charge in [0.1, 0.15) is 22.8 Å². The predicted octanol–water partition coefficient (Wildman–Crippen LogP) is 2.81. The van der Waals surface area contributed by atoms with E-state index in [0.29, 0.717) is 17.5 Å². The van der Waals surface area contributed by atoms with Crippen LogP contribution in [0.25, 0.3) is 16.9 Å². The van der Waals surface area contributed by atoms with Crippen LogP contribution in [0.4, 0.5) is 5.69 Å². The molecule has 0 aromatic heterocycles. The van der Waals surface area contributed by atoms with Crippen LogP contribution in [-0.4, -0.2) is 59.6 Å². The molecule has 0 radical (unpaired) electrons.